The maximum absolute atomic E-state index is 12.2. The van der Waals surface area contributed by atoms with Crippen LogP contribution in [0.4, 0.5) is 0 Å². The van der Waals surface area contributed by atoms with Crippen molar-refractivity contribution in [2.45, 2.75) is 19.9 Å². The van der Waals surface area contributed by atoms with E-state index in [-0.39, 0.29) is 11.6 Å². The number of carbonyl (C=O) groups excluding carboxylic acids is 1. The van der Waals surface area contributed by atoms with Gasteiger partial charge in [0.2, 0.25) is 5.91 Å². The molecular weight excluding hydrogens is 302 g/mol. The van der Waals surface area contributed by atoms with Crippen molar-refractivity contribution in [3.05, 3.63) is 69.6 Å². The second kappa shape index (κ2) is 6.35. The van der Waals surface area contributed by atoms with E-state index in [1.54, 1.807) is 23.2 Å². The fourth-order valence-electron chi connectivity index (χ4n) is 2.82. The Labute approximate surface area is 140 Å². The molecule has 0 bridgehead atoms. The molecule has 0 atom stereocenters. The number of aromatic nitrogens is 2. The molecule has 0 spiro atoms. The highest BCUT2D eigenvalue weighted by Gasteiger charge is 2.10. The molecule has 0 aliphatic carbocycles. The van der Waals surface area contributed by atoms with E-state index in [0.29, 0.717) is 13.0 Å². The summed E-state index contributed by atoms with van der Waals surface area (Å²) < 4.78 is 3.21. The SMILES string of the molecule is Cc1ccc(CNC(=O)Cc2ccc3c(c2)n(C)c(=O)n3C)cc1. The van der Waals surface area contributed by atoms with E-state index in [0.717, 1.165) is 22.2 Å². The molecule has 0 fully saturated rings. The number of nitrogens with one attached hydrogen (secondary N) is 1. The number of aryl methyl sites for hydroxylation is 3. The number of rotatable bonds is 4. The Morgan fingerprint density at radius 1 is 0.958 bits per heavy atom. The molecule has 3 aromatic rings. The van der Waals surface area contributed by atoms with E-state index in [9.17, 15) is 9.59 Å². The Hall–Kier alpha value is -2.82. The first kappa shape index (κ1) is 16.1. The molecule has 3 rings (SSSR count). The molecular formula is C19H21N3O2. The number of hydrogen-bond donors (Lipinski definition) is 1. The van der Waals surface area contributed by atoms with Gasteiger partial charge in [-0.3, -0.25) is 13.9 Å². The van der Waals surface area contributed by atoms with Crippen LogP contribution >= 0.6 is 0 Å². The minimum Gasteiger partial charge on any atom is -0.352 e. The molecule has 24 heavy (non-hydrogen) atoms. The van der Waals surface area contributed by atoms with E-state index < -0.39 is 0 Å². The zero-order chi connectivity index (χ0) is 17.3. The van der Waals surface area contributed by atoms with Crippen LogP contribution in [0.15, 0.2) is 47.3 Å². The van der Waals surface area contributed by atoms with Crippen molar-refractivity contribution in [1.29, 1.82) is 0 Å². The van der Waals surface area contributed by atoms with Crippen molar-refractivity contribution in [1.82, 2.24) is 14.5 Å². The monoisotopic (exact) mass is 323 g/mol. The first-order valence-electron chi connectivity index (χ1n) is 7.92. The fraction of sp³-hybridized carbons (Fsp3) is 0.263. The van der Waals surface area contributed by atoms with Crippen LogP contribution in [-0.4, -0.2) is 15.0 Å². The quantitative estimate of drug-likeness (QED) is 0.799. The summed E-state index contributed by atoms with van der Waals surface area (Å²) in [5.41, 5.74) is 4.82. The number of imidazole rings is 1. The van der Waals surface area contributed by atoms with Crippen LogP contribution < -0.4 is 11.0 Å². The lowest BCUT2D eigenvalue weighted by molar-refractivity contribution is -0.120. The molecule has 1 aromatic heterocycles. The second-order valence-electron chi connectivity index (χ2n) is 6.16. The summed E-state index contributed by atoms with van der Waals surface area (Å²) in [6, 6.07) is 13.8. The van der Waals surface area contributed by atoms with Gasteiger partial charge in [0.05, 0.1) is 17.5 Å². The average molecular weight is 323 g/mol. The van der Waals surface area contributed by atoms with Crippen molar-refractivity contribution in [2.75, 3.05) is 0 Å². The van der Waals surface area contributed by atoms with Gasteiger partial charge in [-0.25, -0.2) is 4.79 Å². The first-order valence-corrected chi connectivity index (χ1v) is 7.92. The number of carbonyl (C=O) groups is 1. The van der Waals surface area contributed by atoms with Crippen LogP contribution in [0, 0.1) is 6.92 Å². The van der Waals surface area contributed by atoms with Crippen LogP contribution in [0.5, 0.6) is 0 Å². The van der Waals surface area contributed by atoms with Crippen molar-refractivity contribution >= 4 is 16.9 Å². The minimum absolute atomic E-state index is 0.0316. The van der Waals surface area contributed by atoms with Gasteiger partial charge in [-0.1, -0.05) is 35.9 Å². The van der Waals surface area contributed by atoms with Gasteiger partial charge < -0.3 is 5.32 Å². The summed E-state index contributed by atoms with van der Waals surface area (Å²) in [4.78, 5) is 24.1. The third-order valence-corrected chi connectivity index (χ3v) is 4.31. The predicted octanol–water partition coefficient (Wildman–Crippen LogP) is 2.04. The summed E-state index contributed by atoms with van der Waals surface area (Å²) >= 11 is 0. The molecule has 2 aromatic carbocycles. The zero-order valence-corrected chi connectivity index (χ0v) is 14.2. The predicted molar refractivity (Wildman–Crippen MR) is 94.9 cm³/mol. The lowest BCUT2D eigenvalue weighted by atomic mass is 10.1. The van der Waals surface area contributed by atoms with Crippen molar-refractivity contribution in [2.24, 2.45) is 14.1 Å². The highest BCUT2D eigenvalue weighted by atomic mass is 16.2. The van der Waals surface area contributed by atoms with Crippen molar-refractivity contribution in [3.63, 3.8) is 0 Å². The van der Waals surface area contributed by atoms with Gasteiger partial charge in [0.25, 0.3) is 0 Å². The van der Waals surface area contributed by atoms with Crippen LogP contribution in [0.1, 0.15) is 16.7 Å². The van der Waals surface area contributed by atoms with Gasteiger partial charge in [0.15, 0.2) is 0 Å². The zero-order valence-electron chi connectivity index (χ0n) is 14.2. The topological polar surface area (TPSA) is 56.0 Å². The molecule has 1 heterocycles. The fourth-order valence-corrected chi connectivity index (χ4v) is 2.82. The molecule has 5 heteroatoms. The molecule has 5 nitrogen and oxygen atoms in total. The number of benzene rings is 2. The maximum atomic E-state index is 12.2. The molecule has 0 saturated carbocycles. The Morgan fingerprint density at radius 3 is 2.29 bits per heavy atom. The van der Waals surface area contributed by atoms with Gasteiger partial charge in [0.1, 0.15) is 0 Å². The van der Waals surface area contributed by atoms with Gasteiger partial charge in [0, 0.05) is 20.6 Å². The Bertz CT molecular complexity index is 949. The number of hydrogen-bond acceptors (Lipinski definition) is 2. The first-order chi connectivity index (χ1) is 11.5. The van der Waals surface area contributed by atoms with E-state index >= 15 is 0 Å². The molecule has 0 aliphatic heterocycles. The molecule has 1 amide bonds. The van der Waals surface area contributed by atoms with Gasteiger partial charge in [-0.2, -0.15) is 0 Å². The normalized spacial score (nSPS) is 11.0. The Balaban J connectivity index is 1.70. The summed E-state index contributed by atoms with van der Waals surface area (Å²) in [6.45, 7) is 2.56. The van der Waals surface area contributed by atoms with E-state index in [4.69, 9.17) is 0 Å². The Kier molecular flexibility index (Phi) is 4.25. The summed E-state index contributed by atoms with van der Waals surface area (Å²) in [5, 5.41) is 2.93. The molecule has 0 aliphatic rings. The molecule has 124 valence electrons. The van der Waals surface area contributed by atoms with Crippen LogP contribution in [0.3, 0.4) is 0 Å². The van der Waals surface area contributed by atoms with E-state index in [1.807, 2.05) is 49.4 Å². The van der Waals surface area contributed by atoms with Crippen LogP contribution in [-0.2, 0) is 31.9 Å². The highest BCUT2D eigenvalue weighted by molar-refractivity contribution is 5.82. The third kappa shape index (κ3) is 3.11. The smallest absolute Gasteiger partial charge is 0.328 e. The summed E-state index contributed by atoms with van der Waals surface area (Å²) in [6.07, 6.45) is 0.297. The van der Waals surface area contributed by atoms with Gasteiger partial charge in [-0.15, -0.1) is 0 Å². The average Bonchev–Trinajstić information content (AvgIpc) is 2.79. The van der Waals surface area contributed by atoms with E-state index in [2.05, 4.69) is 5.32 Å². The second-order valence-corrected chi connectivity index (χ2v) is 6.16. The number of amides is 1. The maximum Gasteiger partial charge on any atom is 0.328 e. The molecule has 1 N–H and O–H groups in total. The van der Waals surface area contributed by atoms with E-state index in [1.165, 1.54) is 5.56 Å². The molecule has 0 unspecified atom stereocenters. The number of fused-ring (bicyclic) bond motifs is 1. The Morgan fingerprint density at radius 2 is 1.58 bits per heavy atom. The molecule has 0 saturated heterocycles. The lowest BCUT2D eigenvalue weighted by Gasteiger charge is -2.06. The largest absolute Gasteiger partial charge is 0.352 e. The highest BCUT2D eigenvalue weighted by Crippen LogP contribution is 2.14. The standard InChI is InChI=1S/C19H21N3O2/c1-13-4-6-14(7-5-13)12-20-18(23)11-15-8-9-16-17(10-15)22(3)19(24)21(16)2/h4-10H,11-12H2,1-3H3,(H,20,23). The van der Waals surface area contributed by atoms with Crippen molar-refractivity contribution < 1.29 is 4.79 Å². The number of nitrogens with zero attached hydrogens (tertiary/aromatic N) is 2. The van der Waals surface area contributed by atoms with Crippen LogP contribution in [0.25, 0.3) is 11.0 Å². The lowest BCUT2D eigenvalue weighted by Crippen LogP contribution is -2.24. The van der Waals surface area contributed by atoms with Gasteiger partial charge >= 0.3 is 5.69 Å². The minimum atomic E-state index is -0.0639. The van der Waals surface area contributed by atoms with Crippen molar-refractivity contribution in [3.8, 4) is 0 Å². The third-order valence-electron chi connectivity index (χ3n) is 4.31. The molecule has 0 radical (unpaired) electrons. The van der Waals surface area contributed by atoms with Gasteiger partial charge in [-0.05, 0) is 30.2 Å². The summed E-state index contributed by atoms with van der Waals surface area (Å²) in [7, 11) is 3.49. The van der Waals surface area contributed by atoms with Crippen LogP contribution in [0.2, 0.25) is 0 Å². The summed E-state index contributed by atoms with van der Waals surface area (Å²) in [5.74, 6) is -0.0316.